The van der Waals surface area contributed by atoms with Crippen molar-refractivity contribution in [2.75, 3.05) is 31.6 Å². The second-order valence-corrected chi connectivity index (χ2v) is 5.25. The highest BCUT2D eigenvalue weighted by Gasteiger charge is 2.16. The van der Waals surface area contributed by atoms with Crippen LogP contribution in [0.4, 0.5) is 5.82 Å². The summed E-state index contributed by atoms with van der Waals surface area (Å²) in [5.41, 5.74) is 0.535. The van der Waals surface area contributed by atoms with Gasteiger partial charge in [0.05, 0.1) is 0 Å². The summed E-state index contributed by atoms with van der Waals surface area (Å²) in [6, 6.07) is 3.30. The van der Waals surface area contributed by atoms with Gasteiger partial charge in [-0.25, -0.2) is 4.98 Å². The van der Waals surface area contributed by atoms with E-state index in [1.165, 1.54) is 0 Å². The first-order valence-corrected chi connectivity index (χ1v) is 7.34. The molecule has 5 nitrogen and oxygen atoms in total. The van der Waals surface area contributed by atoms with Crippen molar-refractivity contribution in [1.29, 1.82) is 0 Å². The van der Waals surface area contributed by atoms with Crippen LogP contribution in [-0.2, 0) is 4.74 Å². The molecule has 1 aliphatic heterocycles. The number of anilines is 1. The molecular weight excluding hydrogens is 278 g/mol. The topological polar surface area (TPSA) is 63.2 Å². The molecule has 0 spiro atoms. The summed E-state index contributed by atoms with van der Waals surface area (Å²) in [4.78, 5) is 16.3. The molecule has 0 aliphatic carbocycles. The largest absolute Gasteiger partial charge is 0.381 e. The van der Waals surface area contributed by atoms with Crippen LogP contribution in [0.25, 0.3) is 0 Å². The number of pyridine rings is 1. The third kappa shape index (κ3) is 4.35. The molecule has 0 radical (unpaired) electrons. The molecule has 2 rings (SSSR count). The Morgan fingerprint density at radius 1 is 1.45 bits per heavy atom. The Hall–Kier alpha value is -1.33. The lowest BCUT2D eigenvalue weighted by Gasteiger charge is -2.22. The average Bonchev–Trinajstić information content (AvgIpc) is 2.45. The summed E-state index contributed by atoms with van der Waals surface area (Å²) in [5.74, 6) is 1.01. The minimum atomic E-state index is -0.111. The minimum Gasteiger partial charge on any atom is -0.381 e. The Morgan fingerprint density at radius 3 is 2.90 bits per heavy atom. The van der Waals surface area contributed by atoms with E-state index < -0.39 is 0 Å². The van der Waals surface area contributed by atoms with E-state index in [2.05, 4.69) is 15.6 Å². The van der Waals surface area contributed by atoms with Gasteiger partial charge in [0.1, 0.15) is 11.0 Å². The lowest BCUT2D eigenvalue weighted by molar-refractivity contribution is 0.0642. The van der Waals surface area contributed by atoms with Crippen LogP contribution in [0.1, 0.15) is 30.1 Å². The Kier molecular flexibility index (Phi) is 5.61. The van der Waals surface area contributed by atoms with E-state index in [1.54, 1.807) is 12.1 Å². The number of halogens is 1. The predicted octanol–water partition coefficient (Wildman–Crippen LogP) is 2.32. The summed E-state index contributed by atoms with van der Waals surface area (Å²) < 4.78 is 5.30. The Labute approximate surface area is 124 Å². The van der Waals surface area contributed by atoms with Crippen LogP contribution in [-0.4, -0.2) is 37.2 Å². The first-order chi connectivity index (χ1) is 9.69. The molecule has 110 valence electrons. The van der Waals surface area contributed by atoms with Crippen LogP contribution in [0.15, 0.2) is 12.1 Å². The number of nitrogens with one attached hydrogen (secondary N) is 2. The molecule has 1 fully saturated rings. The molecule has 0 atom stereocenters. The highest BCUT2D eigenvalue weighted by molar-refractivity contribution is 6.29. The summed E-state index contributed by atoms with van der Waals surface area (Å²) in [7, 11) is 0. The van der Waals surface area contributed by atoms with Crippen LogP contribution < -0.4 is 10.6 Å². The van der Waals surface area contributed by atoms with E-state index in [-0.39, 0.29) is 5.91 Å². The summed E-state index contributed by atoms with van der Waals surface area (Å²) in [6.45, 7) is 4.95. The average molecular weight is 298 g/mol. The standard InChI is InChI=1S/C14H20ClN3O2/c1-2-16-13-8-11(7-12(15)18-13)14(19)17-9-10-3-5-20-6-4-10/h7-8,10H,2-6,9H2,1H3,(H,16,18)(H,17,19). The van der Waals surface area contributed by atoms with Gasteiger partial charge in [-0.2, -0.15) is 0 Å². The zero-order valence-corrected chi connectivity index (χ0v) is 12.4. The van der Waals surface area contributed by atoms with Crippen LogP contribution >= 0.6 is 11.6 Å². The molecule has 0 aromatic carbocycles. The lowest BCUT2D eigenvalue weighted by atomic mass is 10.0. The quantitative estimate of drug-likeness (QED) is 0.819. The number of hydrogen-bond acceptors (Lipinski definition) is 4. The van der Waals surface area contributed by atoms with Gasteiger partial charge in [-0.15, -0.1) is 0 Å². The molecule has 2 heterocycles. The molecule has 0 unspecified atom stereocenters. The zero-order valence-electron chi connectivity index (χ0n) is 11.6. The maximum Gasteiger partial charge on any atom is 0.251 e. The fourth-order valence-corrected chi connectivity index (χ4v) is 2.40. The molecule has 1 aromatic rings. The van der Waals surface area contributed by atoms with Crippen molar-refractivity contribution in [3.63, 3.8) is 0 Å². The van der Waals surface area contributed by atoms with Crippen molar-refractivity contribution in [1.82, 2.24) is 10.3 Å². The first kappa shape index (κ1) is 15.1. The molecule has 0 bridgehead atoms. The highest BCUT2D eigenvalue weighted by Crippen LogP contribution is 2.16. The molecule has 1 aromatic heterocycles. The summed E-state index contributed by atoms with van der Waals surface area (Å²) in [6.07, 6.45) is 2.00. The maximum absolute atomic E-state index is 12.1. The Bertz CT molecular complexity index is 462. The molecule has 1 amide bonds. The van der Waals surface area contributed by atoms with Gasteiger partial charge < -0.3 is 15.4 Å². The van der Waals surface area contributed by atoms with Crippen molar-refractivity contribution in [2.45, 2.75) is 19.8 Å². The van der Waals surface area contributed by atoms with Gasteiger partial charge in [0.25, 0.3) is 5.91 Å². The first-order valence-electron chi connectivity index (χ1n) is 6.96. The predicted molar refractivity (Wildman–Crippen MR) is 79.3 cm³/mol. The van der Waals surface area contributed by atoms with Crippen LogP contribution in [0, 0.1) is 5.92 Å². The van der Waals surface area contributed by atoms with E-state index in [9.17, 15) is 4.79 Å². The molecule has 20 heavy (non-hydrogen) atoms. The lowest BCUT2D eigenvalue weighted by Crippen LogP contribution is -2.32. The Balaban J connectivity index is 1.93. The number of carbonyl (C=O) groups excluding carboxylic acids is 1. The van der Waals surface area contributed by atoms with Gasteiger partial charge in [-0.05, 0) is 37.8 Å². The van der Waals surface area contributed by atoms with Crippen LogP contribution in [0.5, 0.6) is 0 Å². The number of hydrogen-bond donors (Lipinski definition) is 2. The van der Waals surface area contributed by atoms with Crippen molar-refractivity contribution in [3.05, 3.63) is 22.8 Å². The summed E-state index contributed by atoms with van der Waals surface area (Å²) >= 11 is 5.93. The number of amides is 1. The fourth-order valence-electron chi connectivity index (χ4n) is 2.19. The minimum absolute atomic E-state index is 0.111. The van der Waals surface area contributed by atoms with Crippen molar-refractivity contribution in [3.8, 4) is 0 Å². The molecular formula is C14H20ClN3O2. The van der Waals surface area contributed by atoms with Gasteiger partial charge in [0.2, 0.25) is 0 Å². The van der Waals surface area contributed by atoms with Gasteiger partial charge in [0.15, 0.2) is 0 Å². The number of carbonyl (C=O) groups is 1. The Morgan fingerprint density at radius 2 is 2.20 bits per heavy atom. The normalized spacial score (nSPS) is 15.9. The van der Waals surface area contributed by atoms with Gasteiger partial charge >= 0.3 is 0 Å². The second kappa shape index (κ2) is 7.45. The molecule has 6 heteroatoms. The van der Waals surface area contributed by atoms with E-state index in [0.29, 0.717) is 29.0 Å². The molecule has 0 saturated carbocycles. The van der Waals surface area contributed by atoms with Crippen LogP contribution in [0.2, 0.25) is 5.15 Å². The van der Waals surface area contributed by atoms with Crippen molar-refractivity contribution in [2.24, 2.45) is 5.92 Å². The number of rotatable bonds is 5. The zero-order chi connectivity index (χ0) is 14.4. The summed E-state index contributed by atoms with van der Waals surface area (Å²) in [5, 5.41) is 6.33. The molecule has 2 N–H and O–H groups in total. The number of nitrogens with zero attached hydrogens (tertiary/aromatic N) is 1. The monoisotopic (exact) mass is 297 g/mol. The second-order valence-electron chi connectivity index (χ2n) is 4.86. The van der Waals surface area contributed by atoms with Crippen molar-refractivity contribution >= 4 is 23.3 Å². The van der Waals surface area contributed by atoms with Crippen molar-refractivity contribution < 1.29 is 9.53 Å². The van der Waals surface area contributed by atoms with Gasteiger partial charge in [0, 0.05) is 31.9 Å². The number of aromatic nitrogens is 1. The van der Waals surface area contributed by atoms with E-state index in [1.807, 2.05) is 6.92 Å². The van der Waals surface area contributed by atoms with E-state index >= 15 is 0 Å². The number of ether oxygens (including phenoxy) is 1. The third-order valence-corrected chi connectivity index (χ3v) is 3.50. The van der Waals surface area contributed by atoms with Gasteiger partial charge in [-0.3, -0.25) is 4.79 Å². The molecule has 1 saturated heterocycles. The van der Waals surface area contributed by atoms with E-state index in [0.717, 1.165) is 32.6 Å². The smallest absolute Gasteiger partial charge is 0.251 e. The SMILES string of the molecule is CCNc1cc(C(=O)NCC2CCOCC2)cc(Cl)n1. The van der Waals surface area contributed by atoms with Gasteiger partial charge in [-0.1, -0.05) is 11.6 Å². The van der Waals surface area contributed by atoms with Crippen LogP contribution in [0.3, 0.4) is 0 Å². The highest BCUT2D eigenvalue weighted by atomic mass is 35.5. The molecule has 1 aliphatic rings. The third-order valence-electron chi connectivity index (χ3n) is 3.31. The fraction of sp³-hybridized carbons (Fsp3) is 0.571. The van der Waals surface area contributed by atoms with E-state index in [4.69, 9.17) is 16.3 Å². The maximum atomic E-state index is 12.1.